The van der Waals surface area contributed by atoms with Crippen LogP contribution >= 0.6 is 0 Å². The van der Waals surface area contributed by atoms with E-state index in [1.165, 1.54) is 12.3 Å². The Morgan fingerprint density at radius 1 is 1.24 bits per heavy atom. The summed E-state index contributed by atoms with van der Waals surface area (Å²) in [6, 6.07) is 6.16. The lowest BCUT2D eigenvalue weighted by molar-refractivity contribution is -0.140. The lowest BCUT2D eigenvalue weighted by Gasteiger charge is -2.29. The average Bonchev–Trinajstić information content (AvgIpc) is 2.77. The van der Waals surface area contributed by atoms with Gasteiger partial charge in [0.05, 0.1) is 11.9 Å². The van der Waals surface area contributed by atoms with E-state index in [0.717, 1.165) is 30.9 Å². The fraction of sp³-hybridized carbons (Fsp3) is 0.375. The van der Waals surface area contributed by atoms with Crippen LogP contribution in [-0.4, -0.2) is 35.3 Å². The van der Waals surface area contributed by atoms with Gasteiger partial charge in [0.25, 0.3) is 5.91 Å². The number of carbonyl (C=O) groups excluding carboxylic acids is 2. The molecule has 2 atom stereocenters. The number of benzene rings is 1. The number of rotatable bonds is 4. The number of pyridine rings is 1. The maximum absolute atomic E-state index is 13.4. The Bertz CT molecular complexity index is 1180. The molecule has 33 heavy (non-hydrogen) atoms. The topological polar surface area (TPSA) is 83.8 Å². The zero-order chi connectivity index (χ0) is 23.6. The summed E-state index contributed by atoms with van der Waals surface area (Å²) in [5, 5.41) is 3.93. The third-order valence-corrected chi connectivity index (χ3v) is 5.84. The van der Waals surface area contributed by atoms with Gasteiger partial charge in [-0.25, -0.2) is 15.0 Å². The van der Waals surface area contributed by atoms with Crippen molar-refractivity contribution in [1.29, 1.82) is 0 Å². The van der Waals surface area contributed by atoms with Gasteiger partial charge in [-0.15, -0.1) is 0 Å². The highest BCUT2D eigenvalue weighted by atomic mass is 19.4. The van der Waals surface area contributed by atoms with Gasteiger partial charge in [0, 0.05) is 35.1 Å². The van der Waals surface area contributed by atoms with Gasteiger partial charge in [-0.3, -0.25) is 9.59 Å². The van der Waals surface area contributed by atoms with E-state index in [1.54, 1.807) is 18.3 Å². The van der Waals surface area contributed by atoms with Crippen LogP contribution in [0.25, 0.3) is 10.9 Å². The molecule has 0 radical (unpaired) electrons. The molecule has 2 aliphatic rings. The van der Waals surface area contributed by atoms with E-state index in [9.17, 15) is 22.8 Å². The largest absolute Gasteiger partial charge is 0.433 e. The van der Waals surface area contributed by atoms with Crippen molar-refractivity contribution < 1.29 is 22.8 Å². The van der Waals surface area contributed by atoms with Crippen LogP contribution in [0, 0.1) is 12.8 Å². The first-order valence-corrected chi connectivity index (χ1v) is 10.8. The van der Waals surface area contributed by atoms with Gasteiger partial charge < -0.3 is 5.32 Å². The number of aliphatic imine (C=N–C) groups is 2. The number of hydrogen-bond donors (Lipinski definition) is 1. The summed E-state index contributed by atoms with van der Waals surface area (Å²) in [6.07, 6.45) is 2.89. The van der Waals surface area contributed by atoms with Gasteiger partial charge in [0.2, 0.25) is 5.91 Å². The highest BCUT2D eigenvalue weighted by Gasteiger charge is 2.34. The molecule has 2 amide bonds. The highest BCUT2D eigenvalue weighted by molar-refractivity contribution is 6.08. The minimum absolute atomic E-state index is 0.00526. The monoisotopic (exact) mass is 456 g/mol. The summed E-state index contributed by atoms with van der Waals surface area (Å²) in [4.78, 5) is 35.0. The molecule has 9 heteroatoms. The first kappa shape index (κ1) is 22.8. The highest BCUT2D eigenvalue weighted by Crippen LogP contribution is 2.35. The van der Waals surface area contributed by atoms with Crippen LogP contribution in [0.2, 0.25) is 0 Å². The molecular formula is C24H23F3N4O2. The second kappa shape index (κ2) is 9.25. The van der Waals surface area contributed by atoms with Crippen LogP contribution in [0.3, 0.4) is 0 Å². The maximum atomic E-state index is 13.4. The number of fused-ring (bicyclic) bond motifs is 1. The molecule has 1 aromatic heterocycles. The molecule has 1 saturated carbocycles. The van der Waals surface area contributed by atoms with E-state index < -0.39 is 17.8 Å². The van der Waals surface area contributed by atoms with Gasteiger partial charge in [-0.05, 0) is 56.4 Å². The van der Waals surface area contributed by atoms with E-state index in [1.807, 2.05) is 13.0 Å². The summed E-state index contributed by atoms with van der Waals surface area (Å²) in [5.74, 6) is -0.836. The number of aromatic nitrogens is 1. The van der Waals surface area contributed by atoms with Crippen LogP contribution < -0.4 is 5.32 Å². The lowest BCUT2D eigenvalue weighted by atomic mass is 9.86. The molecule has 6 nitrogen and oxygen atoms in total. The Balaban J connectivity index is 1.51. The van der Waals surface area contributed by atoms with Crippen LogP contribution in [-0.2, 0) is 15.8 Å². The number of amides is 2. The predicted molar refractivity (Wildman–Crippen MR) is 121 cm³/mol. The number of aryl methyl sites for hydroxylation is 1. The van der Waals surface area contributed by atoms with Crippen molar-refractivity contribution >= 4 is 40.8 Å². The summed E-state index contributed by atoms with van der Waals surface area (Å²) in [6.45, 7) is 1.88. The number of dihydropyridines is 1. The van der Waals surface area contributed by atoms with Crippen molar-refractivity contribution in [1.82, 2.24) is 4.98 Å². The number of carbonyl (C=O) groups is 2. The maximum Gasteiger partial charge on any atom is 0.433 e. The number of anilines is 1. The lowest BCUT2D eigenvalue weighted by Crippen LogP contribution is -2.28. The molecule has 4 rings (SSSR count). The molecule has 172 valence electrons. The molecule has 1 aromatic carbocycles. The zero-order valence-electron chi connectivity index (χ0n) is 18.0. The molecule has 1 aliphatic carbocycles. The molecule has 1 aliphatic heterocycles. The number of nitrogens with one attached hydrogen (secondary N) is 1. The Hall–Kier alpha value is -3.36. The molecule has 0 bridgehead atoms. The Kier molecular flexibility index (Phi) is 6.40. The molecule has 2 heterocycles. The zero-order valence-corrected chi connectivity index (χ0v) is 18.0. The van der Waals surface area contributed by atoms with Crippen molar-refractivity contribution in [2.24, 2.45) is 15.9 Å². The summed E-state index contributed by atoms with van der Waals surface area (Å²) in [5.41, 5.74) is 0.991. The van der Waals surface area contributed by atoms with Gasteiger partial charge in [0.15, 0.2) is 0 Å². The van der Waals surface area contributed by atoms with Crippen molar-refractivity contribution in [3.8, 4) is 0 Å². The average molecular weight is 456 g/mol. The second-order valence-electron chi connectivity index (χ2n) is 8.47. The van der Waals surface area contributed by atoms with Crippen LogP contribution in [0.1, 0.15) is 43.4 Å². The number of hydrogen-bond acceptors (Lipinski definition) is 4. The van der Waals surface area contributed by atoms with Crippen LogP contribution in [0.5, 0.6) is 0 Å². The van der Waals surface area contributed by atoms with E-state index in [2.05, 4.69) is 20.3 Å². The van der Waals surface area contributed by atoms with Gasteiger partial charge in [-0.1, -0.05) is 18.1 Å². The summed E-state index contributed by atoms with van der Waals surface area (Å²) in [7, 11) is 0. The van der Waals surface area contributed by atoms with Crippen molar-refractivity contribution in [3.63, 3.8) is 0 Å². The predicted octanol–water partition coefficient (Wildman–Crippen LogP) is 5.06. The Labute approximate surface area is 188 Å². The molecule has 1 fully saturated rings. The first-order valence-electron chi connectivity index (χ1n) is 10.8. The third-order valence-electron chi connectivity index (χ3n) is 5.84. The van der Waals surface area contributed by atoms with Gasteiger partial charge >= 0.3 is 6.18 Å². The number of allylic oxidation sites excluding steroid dienone is 1. The number of alkyl halides is 3. The van der Waals surface area contributed by atoms with E-state index in [4.69, 9.17) is 0 Å². The van der Waals surface area contributed by atoms with Gasteiger partial charge in [-0.2, -0.15) is 13.2 Å². The first-order chi connectivity index (χ1) is 15.7. The summed E-state index contributed by atoms with van der Waals surface area (Å²) < 4.78 is 40.2. The van der Waals surface area contributed by atoms with Crippen molar-refractivity contribution in [2.75, 3.05) is 5.32 Å². The minimum Gasteiger partial charge on any atom is -0.382 e. The molecule has 0 saturated heterocycles. The van der Waals surface area contributed by atoms with Crippen LogP contribution in [0.15, 0.2) is 45.9 Å². The standard InChI is InChI=1S/C24H23F3N4O2/c1-14-5-6-19-18(9-14)20(12-21(31-19)24(25,26)27)30-17-4-2-3-15(10-17)13-29-23(33)16-7-8-28-22(32)11-16/h5-9,12-13,15,17H,2-4,10-11H2,1H3,(H,30,31)/t15?,17-/m0/s1. The third kappa shape index (κ3) is 5.53. The van der Waals surface area contributed by atoms with E-state index >= 15 is 0 Å². The second-order valence-corrected chi connectivity index (χ2v) is 8.47. The van der Waals surface area contributed by atoms with Crippen molar-refractivity contribution in [2.45, 2.75) is 51.2 Å². The SMILES string of the molecule is Cc1ccc2nc(C(F)(F)F)cc(N[C@H]3CCCC(C=NC(=O)C4=CC=NC(=O)C4)C3)c2c1. The molecule has 1 unspecified atom stereocenters. The fourth-order valence-corrected chi connectivity index (χ4v) is 4.20. The quantitative estimate of drug-likeness (QED) is 0.652. The smallest absolute Gasteiger partial charge is 0.382 e. The summed E-state index contributed by atoms with van der Waals surface area (Å²) >= 11 is 0. The minimum atomic E-state index is -4.54. The van der Waals surface area contributed by atoms with E-state index in [0.29, 0.717) is 23.1 Å². The normalized spacial score (nSPS) is 21.5. The fourth-order valence-electron chi connectivity index (χ4n) is 4.20. The molecular weight excluding hydrogens is 433 g/mol. The Morgan fingerprint density at radius 2 is 2.06 bits per heavy atom. The molecule has 1 N–H and O–H groups in total. The molecule has 2 aromatic rings. The van der Waals surface area contributed by atoms with E-state index in [-0.39, 0.29) is 29.8 Å². The number of halogens is 3. The Morgan fingerprint density at radius 3 is 2.82 bits per heavy atom. The number of nitrogens with zero attached hydrogens (tertiary/aromatic N) is 3. The van der Waals surface area contributed by atoms with Crippen molar-refractivity contribution in [3.05, 3.63) is 47.2 Å². The molecule has 0 spiro atoms. The van der Waals surface area contributed by atoms with Crippen LogP contribution in [0.4, 0.5) is 18.9 Å². The van der Waals surface area contributed by atoms with Gasteiger partial charge in [0.1, 0.15) is 5.69 Å².